The van der Waals surface area contributed by atoms with Crippen molar-refractivity contribution >= 4 is 8.80 Å². The minimum atomic E-state index is -2.55. The van der Waals surface area contributed by atoms with Crippen LogP contribution >= 0.6 is 0 Å². The van der Waals surface area contributed by atoms with Gasteiger partial charge in [0.05, 0.1) is 5.69 Å². The predicted octanol–water partition coefficient (Wildman–Crippen LogP) is 2.80. The zero-order valence-corrected chi connectivity index (χ0v) is 14.4. The molecule has 0 amide bonds. The van der Waals surface area contributed by atoms with Crippen molar-refractivity contribution in [3.63, 3.8) is 0 Å². The highest BCUT2D eigenvalue weighted by molar-refractivity contribution is 6.60. The van der Waals surface area contributed by atoms with Crippen LogP contribution < -0.4 is 0 Å². The summed E-state index contributed by atoms with van der Waals surface area (Å²) >= 11 is 0. The number of aromatic nitrogens is 2. The average Bonchev–Trinajstić information content (AvgIpc) is 2.78. The van der Waals surface area contributed by atoms with Gasteiger partial charge in [-0.25, -0.2) is 4.98 Å². The smallest absolute Gasteiger partial charge is 0.374 e. The maximum absolute atomic E-state index is 5.87. The van der Waals surface area contributed by atoms with Crippen molar-refractivity contribution < 1.29 is 13.3 Å². The summed E-state index contributed by atoms with van der Waals surface area (Å²) in [5, 5.41) is 0. The van der Waals surface area contributed by atoms with E-state index < -0.39 is 8.80 Å². The van der Waals surface area contributed by atoms with Crippen LogP contribution in [0.2, 0.25) is 6.04 Å². The highest BCUT2D eigenvalue weighted by atomic mass is 28.4. The molecule has 0 atom stereocenters. The van der Waals surface area contributed by atoms with E-state index in [1.54, 1.807) is 0 Å². The van der Waals surface area contributed by atoms with E-state index in [0.717, 1.165) is 30.5 Å². The normalized spacial score (nSPS) is 12.1. The second-order valence-electron chi connectivity index (χ2n) is 4.58. The predicted molar refractivity (Wildman–Crippen MR) is 81.8 cm³/mol. The number of nitrogens with zero attached hydrogens (tertiary/aromatic N) is 2. The van der Waals surface area contributed by atoms with Crippen LogP contribution in [0.25, 0.3) is 0 Å². The third kappa shape index (κ3) is 4.70. The van der Waals surface area contributed by atoms with Crippen LogP contribution in [-0.2, 0) is 26.2 Å². The molecule has 0 aliphatic rings. The molecule has 5 nitrogen and oxygen atoms in total. The number of hydrogen-bond donors (Lipinski definition) is 0. The quantitative estimate of drug-likeness (QED) is 0.623. The lowest BCUT2D eigenvalue weighted by Crippen LogP contribution is -2.46. The van der Waals surface area contributed by atoms with Gasteiger partial charge in [0.25, 0.3) is 0 Å². The molecule has 116 valence electrons. The van der Waals surface area contributed by atoms with E-state index in [4.69, 9.17) is 13.3 Å². The van der Waals surface area contributed by atoms with E-state index in [2.05, 4.69) is 22.7 Å². The summed E-state index contributed by atoms with van der Waals surface area (Å²) in [4.78, 5) is 4.52. The summed E-state index contributed by atoms with van der Waals surface area (Å²) < 4.78 is 19.8. The Kier molecular flexibility index (Phi) is 7.43. The largest absolute Gasteiger partial charge is 0.502 e. The second-order valence-corrected chi connectivity index (χ2v) is 7.31. The first-order valence-electron chi connectivity index (χ1n) is 7.55. The Morgan fingerprint density at radius 2 is 1.60 bits per heavy atom. The molecule has 1 heterocycles. The minimum absolute atomic E-state index is 0.621. The fourth-order valence-electron chi connectivity index (χ4n) is 2.33. The standard InChI is InChI=1S/C14H28N2O3Si/c1-6-14-15-13(5)12-16(14)10-11-20(17-7-2,18-8-3)19-9-4/h12H,6-11H2,1-5H3. The first-order valence-corrected chi connectivity index (χ1v) is 9.48. The lowest BCUT2D eigenvalue weighted by atomic mass is 10.4. The Labute approximate surface area is 123 Å². The Morgan fingerprint density at radius 1 is 1.05 bits per heavy atom. The first-order chi connectivity index (χ1) is 9.60. The fraction of sp³-hybridized carbons (Fsp3) is 0.786. The molecule has 0 N–H and O–H groups in total. The van der Waals surface area contributed by atoms with Gasteiger partial charge in [-0.1, -0.05) is 6.92 Å². The Morgan fingerprint density at radius 3 is 2.05 bits per heavy atom. The van der Waals surface area contributed by atoms with Crippen molar-refractivity contribution in [1.29, 1.82) is 0 Å². The minimum Gasteiger partial charge on any atom is -0.374 e. The fourth-order valence-corrected chi connectivity index (χ4v) is 4.85. The molecule has 1 rings (SSSR count). The lowest BCUT2D eigenvalue weighted by Gasteiger charge is -2.28. The highest BCUT2D eigenvalue weighted by Crippen LogP contribution is 2.18. The van der Waals surface area contributed by atoms with Gasteiger partial charge in [-0.2, -0.15) is 0 Å². The van der Waals surface area contributed by atoms with Gasteiger partial charge >= 0.3 is 8.80 Å². The van der Waals surface area contributed by atoms with Crippen LogP contribution in [-0.4, -0.2) is 38.2 Å². The zero-order valence-electron chi connectivity index (χ0n) is 13.4. The molecule has 6 heteroatoms. The number of imidazole rings is 1. The van der Waals surface area contributed by atoms with Gasteiger partial charge in [0.1, 0.15) is 5.82 Å². The molecule has 0 aliphatic heterocycles. The van der Waals surface area contributed by atoms with Crippen LogP contribution in [0.3, 0.4) is 0 Å². The van der Waals surface area contributed by atoms with Crippen molar-refractivity contribution in [2.75, 3.05) is 19.8 Å². The van der Waals surface area contributed by atoms with Gasteiger partial charge in [0.2, 0.25) is 0 Å². The molecular formula is C14H28N2O3Si. The van der Waals surface area contributed by atoms with Crippen LogP contribution in [0.4, 0.5) is 0 Å². The summed E-state index contributed by atoms with van der Waals surface area (Å²) in [6.45, 7) is 12.8. The molecule has 0 unspecified atom stereocenters. The Balaban J connectivity index is 2.78. The van der Waals surface area contributed by atoms with E-state index in [-0.39, 0.29) is 0 Å². The van der Waals surface area contributed by atoms with E-state index in [1.165, 1.54) is 0 Å². The third-order valence-corrected chi connectivity index (χ3v) is 6.07. The van der Waals surface area contributed by atoms with Crippen LogP contribution in [0.5, 0.6) is 0 Å². The van der Waals surface area contributed by atoms with Gasteiger partial charge in [-0.15, -0.1) is 0 Å². The van der Waals surface area contributed by atoms with Crippen LogP contribution in [0.15, 0.2) is 6.20 Å². The SMILES string of the molecule is CCO[Si](CCn1cc(C)nc1CC)(OCC)OCC. The Bertz CT molecular complexity index is 379. The molecule has 20 heavy (non-hydrogen) atoms. The summed E-state index contributed by atoms with van der Waals surface area (Å²) in [5.74, 6) is 1.11. The number of hydrogen-bond acceptors (Lipinski definition) is 4. The molecule has 0 saturated carbocycles. The molecule has 1 aromatic rings. The summed E-state index contributed by atoms with van der Waals surface area (Å²) in [7, 11) is -2.55. The summed E-state index contributed by atoms with van der Waals surface area (Å²) in [6, 6.07) is 0.783. The topological polar surface area (TPSA) is 45.5 Å². The summed E-state index contributed by atoms with van der Waals surface area (Å²) in [6.07, 6.45) is 3.02. The average molecular weight is 300 g/mol. The van der Waals surface area contributed by atoms with Crippen LogP contribution in [0, 0.1) is 6.92 Å². The molecule has 0 aliphatic carbocycles. The van der Waals surface area contributed by atoms with E-state index in [0.29, 0.717) is 19.8 Å². The second kappa shape index (κ2) is 8.56. The maximum atomic E-state index is 5.87. The third-order valence-electron chi connectivity index (χ3n) is 3.05. The first kappa shape index (κ1) is 17.4. The Hall–Kier alpha value is -0.693. The van der Waals surface area contributed by atoms with E-state index in [9.17, 15) is 0 Å². The lowest BCUT2D eigenvalue weighted by molar-refractivity contribution is 0.0701. The molecule has 0 aromatic carbocycles. The van der Waals surface area contributed by atoms with Crippen molar-refractivity contribution in [3.05, 3.63) is 17.7 Å². The van der Waals surface area contributed by atoms with E-state index in [1.807, 2.05) is 27.7 Å². The van der Waals surface area contributed by atoms with Crippen molar-refractivity contribution in [3.8, 4) is 0 Å². The van der Waals surface area contributed by atoms with Gasteiger partial charge in [0.15, 0.2) is 0 Å². The number of aryl methyl sites for hydroxylation is 3. The monoisotopic (exact) mass is 300 g/mol. The van der Waals surface area contributed by atoms with Crippen LogP contribution in [0.1, 0.15) is 39.2 Å². The zero-order chi connectivity index (χ0) is 15.0. The maximum Gasteiger partial charge on any atom is 0.502 e. The molecule has 0 radical (unpaired) electrons. The van der Waals surface area contributed by atoms with Gasteiger partial charge in [-0.05, 0) is 27.7 Å². The van der Waals surface area contributed by atoms with Gasteiger partial charge < -0.3 is 17.8 Å². The summed E-state index contributed by atoms with van der Waals surface area (Å²) in [5.41, 5.74) is 1.05. The molecular weight excluding hydrogens is 272 g/mol. The van der Waals surface area contributed by atoms with Crippen molar-refractivity contribution in [1.82, 2.24) is 9.55 Å². The van der Waals surface area contributed by atoms with Crippen molar-refractivity contribution in [2.24, 2.45) is 0 Å². The van der Waals surface area contributed by atoms with Crippen molar-refractivity contribution in [2.45, 2.75) is 53.6 Å². The molecule has 0 saturated heterocycles. The van der Waals surface area contributed by atoms with Gasteiger partial charge in [0, 0.05) is 45.0 Å². The molecule has 0 fully saturated rings. The van der Waals surface area contributed by atoms with E-state index >= 15 is 0 Å². The highest BCUT2D eigenvalue weighted by Gasteiger charge is 2.40. The molecule has 0 bridgehead atoms. The van der Waals surface area contributed by atoms with Gasteiger partial charge in [-0.3, -0.25) is 0 Å². The molecule has 1 aromatic heterocycles. The number of rotatable bonds is 10. The molecule has 0 spiro atoms.